The molecule has 0 unspecified atom stereocenters. The lowest BCUT2D eigenvalue weighted by atomic mass is 10.2. The Morgan fingerprint density at radius 2 is 1.94 bits per heavy atom. The summed E-state index contributed by atoms with van der Waals surface area (Å²) in [5.74, 6) is -0.921. The molecule has 168 valence electrons. The van der Waals surface area contributed by atoms with Crippen molar-refractivity contribution in [2.45, 2.75) is 39.7 Å². The molecule has 0 aliphatic heterocycles. The van der Waals surface area contributed by atoms with Gasteiger partial charge in [-0.2, -0.15) is 0 Å². The molecule has 1 heterocycles. The predicted octanol–water partition coefficient (Wildman–Crippen LogP) is 2.09. The lowest BCUT2D eigenvalue weighted by Gasteiger charge is -2.14. The number of carbonyl (C=O) groups is 2. The van der Waals surface area contributed by atoms with E-state index in [0.717, 1.165) is 14.7 Å². The molecule has 0 aliphatic rings. The van der Waals surface area contributed by atoms with Gasteiger partial charge in [0.15, 0.2) is 6.61 Å². The first-order valence-electron chi connectivity index (χ1n) is 9.84. The molecular formula is C21H26ClN3O6. The first-order chi connectivity index (χ1) is 14.7. The fraction of sp³-hybridized carbons (Fsp3) is 0.429. The Morgan fingerprint density at radius 3 is 2.58 bits per heavy atom. The number of nitrogens with zero attached hydrogens (tertiary/aromatic N) is 2. The second kappa shape index (κ2) is 10.8. The summed E-state index contributed by atoms with van der Waals surface area (Å²) in [6, 6.07) is 5.23. The number of halogens is 1. The fourth-order valence-corrected chi connectivity index (χ4v) is 3.18. The van der Waals surface area contributed by atoms with Crippen LogP contribution in [-0.4, -0.2) is 34.1 Å². The number of hydrogen-bond donors (Lipinski definition) is 1. The average molecular weight is 452 g/mol. The van der Waals surface area contributed by atoms with Crippen LogP contribution in [0.5, 0.6) is 5.75 Å². The SMILES string of the molecule is CCCn1c(N)c(C(=O)COC(=O)CCCOc2ccc(Cl)cc2C)c(=O)n(C)c1=O. The van der Waals surface area contributed by atoms with Gasteiger partial charge in [0.1, 0.15) is 17.1 Å². The van der Waals surface area contributed by atoms with Gasteiger partial charge in [0, 0.05) is 25.0 Å². The number of rotatable bonds is 10. The van der Waals surface area contributed by atoms with E-state index in [1.165, 1.54) is 7.05 Å². The molecule has 2 N–H and O–H groups in total. The number of carbonyl (C=O) groups excluding carboxylic acids is 2. The summed E-state index contributed by atoms with van der Waals surface area (Å²) in [5, 5.41) is 0.610. The van der Waals surface area contributed by atoms with E-state index in [0.29, 0.717) is 23.6 Å². The number of hydrogen-bond acceptors (Lipinski definition) is 7. The van der Waals surface area contributed by atoms with Crippen LogP contribution in [-0.2, 0) is 23.1 Å². The van der Waals surface area contributed by atoms with Gasteiger partial charge in [-0.05, 0) is 43.5 Å². The van der Waals surface area contributed by atoms with Crippen LogP contribution in [0.2, 0.25) is 5.02 Å². The molecule has 0 fully saturated rings. The van der Waals surface area contributed by atoms with Gasteiger partial charge in [-0.25, -0.2) is 4.79 Å². The largest absolute Gasteiger partial charge is 0.493 e. The van der Waals surface area contributed by atoms with Crippen LogP contribution in [0.25, 0.3) is 0 Å². The zero-order valence-electron chi connectivity index (χ0n) is 17.8. The molecule has 0 amide bonds. The number of esters is 1. The van der Waals surface area contributed by atoms with Crippen LogP contribution in [0.4, 0.5) is 5.82 Å². The molecule has 1 aromatic heterocycles. The predicted molar refractivity (Wildman–Crippen MR) is 117 cm³/mol. The van der Waals surface area contributed by atoms with Crippen molar-refractivity contribution >= 4 is 29.2 Å². The third kappa shape index (κ3) is 5.97. The smallest absolute Gasteiger partial charge is 0.332 e. The molecule has 1 aromatic carbocycles. The summed E-state index contributed by atoms with van der Waals surface area (Å²) in [5.41, 5.74) is 4.99. The van der Waals surface area contributed by atoms with E-state index in [1.54, 1.807) is 18.2 Å². The summed E-state index contributed by atoms with van der Waals surface area (Å²) in [6.07, 6.45) is 0.992. The van der Waals surface area contributed by atoms with E-state index in [-0.39, 0.29) is 31.0 Å². The van der Waals surface area contributed by atoms with Crippen molar-refractivity contribution in [3.8, 4) is 5.75 Å². The topological polar surface area (TPSA) is 123 Å². The van der Waals surface area contributed by atoms with Gasteiger partial charge in [0.05, 0.1) is 6.61 Å². The maximum atomic E-state index is 12.5. The molecule has 0 radical (unpaired) electrons. The standard InChI is InChI=1S/C21H26ClN3O6/c1-4-9-25-19(23)18(20(28)24(3)21(25)29)15(26)12-31-17(27)6-5-10-30-16-8-7-14(22)11-13(16)2/h7-8,11H,4-6,9-10,12,23H2,1-3H3. The molecule has 2 rings (SSSR count). The van der Waals surface area contributed by atoms with Crippen LogP contribution >= 0.6 is 11.6 Å². The van der Waals surface area contributed by atoms with Crippen molar-refractivity contribution in [3.05, 3.63) is 55.2 Å². The van der Waals surface area contributed by atoms with Crippen molar-refractivity contribution < 1.29 is 19.1 Å². The second-order valence-electron chi connectivity index (χ2n) is 7.00. The van der Waals surface area contributed by atoms with Crippen molar-refractivity contribution in [3.63, 3.8) is 0 Å². The Bertz CT molecular complexity index is 1090. The summed E-state index contributed by atoms with van der Waals surface area (Å²) in [6.45, 7) is 3.59. The van der Waals surface area contributed by atoms with E-state index in [2.05, 4.69) is 0 Å². The number of benzene rings is 1. The van der Waals surface area contributed by atoms with Gasteiger partial charge in [0.25, 0.3) is 5.56 Å². The number of nitrogen functional groups attached to an aromatic ring is 1. The molecule has 0 saturated heterocycles. The minimum atomic E-state index is -0.817. The molecule has 0 atom stereocenters. The van der Waals surface area contributed by atoms with Gasteiger partial charge in [-0.15, -0.1) is 0 Å². The normalized spacial score (nSPS) is 10.7. The molecule has 9 nitrogen and oxygen atoms in total. The number of ketones is 1. The van der Waals surface area contributed by atoms with Crippen LogP contribution < -0.4 is 21.7 Å². The van der Waals surface area contributed by atoms with Crippen molar-refractivity contribution in [2.24, 2.45) is 7.05 Å². The Hall–Kier alpha value is -3.07. The highest BCUT2D eigenvalue weighted by molar-refractivity contribution is 6.30. The average Bonchev–Trinajstić information content (AvgIpc) is 2.72. The lowest BCUT2D eigenvalue weighted by Crippen LogP contribution is -2.43. The van der Waals surface area contributed by atoms with E-state index in [9.17, 15) is 19.2 Å². The first kappa shape index (κ1) is 24.2. The van der Waals surface area contributed by atoms with Crippen LogP contribution in [0.3, 0.4) is 0 Å². The minimum Gasteiger partial charge on any atom is -0.493 e. The zero-order valence-corrected chi connectivity index (χ0v) is 18.5. The van der Waals surface area contributed by atoms with E-state index in [1.807, 2.05) is 13.8 Å². The minimum absolute atomic E-state index is 0.0305. The third-order valence-electron chi connectivity index (χ3n) is 4.59. The molecule has 31 heavy (non-hydrogen) atoms. The quantitative estimate of drug-likeness (QED) is 0.333. The zero-order chi connectivity index (χ0) is 23.1. The summed E-state index contributed by atoms with van der Waals surface area (Å²) in [7, 11) is 1.27. The van der Waals surface area contributed by atoms with Crippen LogP contribution in [0.15, 0.2) is 27.8 Å². The Morgan fingerprint density at radius 1 is 1.23 bits per heavy atom. The monoisotopic (exact) mass is 451 g/mol. The molecule has 0 saturated carbocycles. The third-order valence-corrected chi connectivity index (χ3v) is 4.83. The molecule has 0 bridgehead atoms. The first-order valence-corrected chi connectivity index (χ1v) is 10.2. The maximum Gasteiger partial charge on any atom is 0.332 e. The maximum absolute atomic E-state index is 12.5. The van der Waals surface area contributed by atoms with Gasteiger partial charge in [0.2, 0.25) is 5.78 Å². The number of aromatic nitrogens is 2. The number of Topliss-reactive ketones (excluding diaryl/α,β-unsaturated/α-hetero) is 1. The van der Waals surface area contributed by atoms with Gasteiger partial charge in [-0.1, -0.05) is 18.5 Å². The number of anilines is 1. The second-order valence-corrected chi connectivity index (χ2v) is 7.44. The number of nitrogens with two attached hydrogens (primary N) is 1. The highest BCUT2D eigenvalue weighted by Crippen LogP contribution is 2.22. The number of ether oxygens (including phenoxy) is 2. The number of aryl methyl sites for hydroxylation is 1. The van der Waals surface area contributed by atoms with Gasteiger partial charge in [-0.3, -0.25) is 23.5 Å². The Kier molecular flexibility index (Phi) is 8.44. The van der Waals surface area contributed by atoms with Crippen LogP contribution in [0.1, 0.15) is 42.1 Å². The molecule has 0 spiro atoms. The van der Waals surface area contributed by atoms with Crippen LogP contribution in [0, 0.1) is 6.92 Å². The highest BCUT2D eigenvalue weighted by Gasteiger charge is 2.22. The molecule has 2 aromatic rings. The highest BCUT2D eigenvalue weighted by atomic mass is 35.5. The van der Waals surface area contributed by atoms with Crippen molar-refractivity contribution in [1.82, 2.24) is 9.13 Å². The van der Waals surface area contributed by atoms with Crippen molar-refractivity contribution in [2.75, 3.05) is 18.9 Å². The van der Waals surface area contributed by atoms with E-state index < -0.39 is 29.6 Å². The Labute approximate surface area is 184 Å². The summed E-state index contributed by atoms with van der Waals surface area (Å²) < 4.78 is 12.6. The van der Waals surface area contributed by atoms with Gasteiger partial charge >= 0.3 is 11.7 Å². The van der Waals surface area contributed by atoms with Gasteiger partial charge < -0.3 is 15.2 Å². The Balaban J connectivity index is 1.91. The fourth-order valence-electron chi connectivity index (χ4n) is 2.95. The lowest BCUT2D eigenvalue weighted by molar-refractivity contribution is -0.142. The van der Waals surface area contributed by atoms with E-state index >= 15 is 0 Å². The summed E-state index contributed by atoms with van der Waals surface area (Å²) >= 11 is 5.89. The molecular weight excluding hydrogens is 426 g/mol. The van der Waals surface area contributed by atoms with E-state index in [4.69, 9.17) is 26.8 Å². The van der Waals surface area contributed by atoms with Crippen molar-refractivity contribution in [1.29, 1.82) is 0 Å². The molecule has 10 heteroatoms. The summed E-state index contributed by atoms with van der Waals surface area (Å²) in [4.78, 5) is 48.9. The molecule has 0 aliphatic carbocycles.